The lowest BCUT2D eigenvalue weighted by atomic mass is 9.70. The van der Waals surface area contributed by atoms with Crippen molar-refractivity contribution in [2.24, 2.45) is 5.92 Å². The first-order valence-corrected chi connectivity index (χ1v) is 6.85. The highest BCUT2D eigenvalue weighted by Crippen LogP contribution is 2.42. The highest BCUT2D eigenvalue weighted by atomic mass is 16.6. The quantitative estimate of drug-likeness (QED) is 0.650. The van der Waals surface area contributed by atoms with Gasteiger partial charge in [-0.1, -0.05) is 24.3 Å². The molecule has 0 aliphatic heterocycles. The first-order valence-electron chi connectivity index (χ1n) is 6.85. The zero-order valence-electron chi connectivity index (χ0n) is 11.1. The minimum absolute atomic E-state index is 0.124. The van der Waals surface area contributed by atoms with Crippen molar-refractivity contribution in [3.8, 4) is 0 Å². The molecule has 1 aromatic rings. The summed E-state index contributed by atoms with van der Waals surface area (Å²) < 4.78 is 0. The van der Waals surface area contributed by atoms with Crippen molar-refractivity contribution in [3.05, 3.63) is 63.7 Å². The Morgan fingerprint density at radius 1 is 1.20 bits per heavy atom. The summed E-state index contributed by atoms with van der Waals surface area (Å²) in [5.41, 5.74) is 3.10. The zero-order chi connectivity index (χ0) is 14.1. The lowest BCUT2D eigenvalue weighted by Gasteiger charge is -2.34. The molecule has 0 aromatic heterocycles. The van der Waals surface area contributed by atoms with E-state index in [0.717, 1.165) is 24.8 Å². The Labute approximate surface area is 117 Å². The number of rotatable bonds is 2. The molecule has 0 saturated carbocycles. The molecule has 20 heavy (non-hydrogen) atoms. The molecule has 2 aliphatic rings. The molecule has 102 valence electrons. The van der Waals surface area contributed by atoms with Crippen molar-refractivity contribution in [2.45, 2.75) is 25.2 Å². The molecule has 2 atom stereocenters. The van der Waals surface area contributed by atoms with Crippen LogP contribution in [0.1, 0.15) is 30.7 Å². The first kappa shape index (κ1) is 12.8. The van der Waals surface area contributed by atoms with E-state index in [0.29, 0.717) is 11.6 Å². The van der Waals surface area contributed by atoms with Gasteiger partial charge in [0.2, 0.25) is 0 Å². The Hall–Kier alpha value is -2.23. The molecule has 3 rings (SSSR count). The number of allylic oxidation sites excluding steroid dienone is 4. The fourth-order valence-electron chi connectivity index (χ4n) is 3.21. The summed E-state index contributed by atoms with van der Waals surface area (Å²) in [7, 11) is 0. The minimum atomic E-state index is -0.374. The molecule has 0 spiro atoms. The van der Waals surface area contributed by atoms with Crippen LogP contribution in [0.15, 0.2) is 48.1 Å². The smallest absolute Gasteiger partial charge is 0.269 e. The van der Waals surface area contributed by atoms with E-state index in [9.17, 15) is 10.1 Å². The van der Waals surface area contributed by atoms with Crippen molar-refractivity contribution < 1.29 is 4.92 Å². The normalized spacial score (nSPS) is 25.0. The third-order valence-corrected chi connectivity index (χ3v) is 4.18. The third kappa shape index (κ3) is 2.29. The van der Waals surface area contributed by atoms with Gasteiger partial charge in [0.1, 0.15) is 0 Å². The Morgan fingerprint density at radius 2 is 1.95 bits per heavy atom. The summed E-state index contributed by atoms with van der Waals surface area (Å²) in [6.45, 7) is 0. The number of nitro benzene ring substituents is 1. The molecule has 1 N–H and O–H groups in total. The van der Waals surface area contributed by atoms with Crippen LogP contribution >= 0.6 is 0 Å². The average Bonchev–Trinajstić information content (AvgIpc) is 2.46. The molecule has 0 bridgehead atoms. The van der Waals surface area contributed by atoms with E-state index in [4.69, 9.17) is 5.41 Å². The number of nitrogens with zero attached hydrogens (tertiary/aromatic N) is 1. The maximum Gasteiger partial charge on any atom is 0.269 e. The van der Waals surface area contributed by atoms with Crippen molar-refractivity contribution in [1.29, 1.82) is 5.41 Å². The lowest BCUT2D eigenvalue weighted by molar-refractivity contribution is -0.384. The first-order chi connectivity index (χ1) is 9.65. The summed E-state index contributed by atoms with van der Waals surface area (Å²) >= 11 is 0. The number of nitrogens with one attached hydrogen (secondary N) is 1. The van der Waals surface area contributed by atoms with Gasteiger partial charge < -0.3 is 5.41 Å². The molecule has 4 heteroatoms. The van der Waals surface area contributed by atoms with Crippen LogP contribution in [0.25, 0.3) is 0 Å². The van der Waals surface area contributed by atoms with Gasteiger partial charge in [0.05, 0.1) is 4.92 Å². The molecule has 0 heterocycles. The number of hydrogen-bond donors (Lipinski definition) is 1. The van der Waals surface area contributed by atoms with Crippen molar-refractivity contribution in [1.82, 2.24) is 0 Å². The van der Waals surface area contributed by atoms with E-state index in [1.54, 1.807) is 12.1 Å². The van der Waals surface area contributed by atoms with Crippen LogP contribution in [0.4, 0.5) is 5.69 Å². The van der Waals surface area contributed by atoms with E-state index in [2.05, 4.69) is 12.2 Å². The summed E-state index contributed by atoms with van der Waals surface area (Å²) in [5, 5.41) is 18.7. The van der Waals surface area contributed by atoms with Crippen molar-refractivity contribution >= 4 is 11.4 Å². The van der Waals surface area contributed by atoms with E-state index in [-0.39, 0.29) is 16.5 Å². The van der Waals surface area contributed by atoms with E-state index >= 15 is 0 Å². The van der Waals surface area contributed by atoms with Gasteiger partial charge in [0.15, 0.2) is 0 Å². The molecular formula is C16H16N2O2. The highest BCUT2D eigenvalue weighted by Gasteiger charge is 2.31. The maximum atomic E-state index is 10.7. The van der Waals surface area contributed by atoms with Crippen LogP contribution in [0.2, 0.25) is 0 Å². The summed E-state index contributed by atoms with van der Waals surface area (Å²) in [6.07, 6.45) is 9.15. The van der Waals surface area contributed by atoms with Crippen molar-refractivity contribution in [2.75, 3.05) is 0 Å². The SMILES string of the molecule is N=C1C=C2C=CCCC2C(c2ccc([N+](=O)[O-])cc2)C1. The Bertz CT molecular complexity index is 614. The summed E-state index contributed by atoms with van der Waals surface area (Å²) in [6, 6.07) is 6.82. The number of nitro groups is 1. The summed E-state index contributed by atoms with van der Waals surface area (Å²) in [4.78, 5) is 10.3. The van der Waals surface area contributed by atoms with Crippen LogP contribution in [-0.2, 0) is 0 Å². The summed E-state index contributed by atoms with van der Waals surface area (Å²) in [5.74, 6) is 0.712. The van der Waals surface area contributed by atoms with E-state index in [1.807, 2.05) is 18.2 Å². The molecule has 0 saturated heterocycles. The van der Waals surface area contributed by atoms with Crippen molar-refractivity contribution in [3.63, 3.8) is 0 Å². The fourth-order valence-corrected chi connectivity index (χ4v) is 3.21. The molecule has 0 radical (unpaired) electrons. The van der Waals surface area contributed by atoms with Gasteiger partial charge >= 0.3 is 0 Å². The maximum absolute atomic E-state index is 10.7. The standard InChI is InChI=1S/C16H16N2O2/c17-13-9-12-3-1-2-4-15(12)16(10-13)11-5-7-14(8-6-11)18(19)20/h1,3,5-9,15-17H,2,4,10H2. The second-order valence-electron chi connectivity index (χ2n) is 5.42. The van der Waals surface area contributed by atoms with Gasteiger partial charge in [-0.2, -0.15) is 0 Å². The van der Waals surface area contributed by atoms with Crippen LogP contribution in [0.5, 0.6) is 0 Å². The van der Waals surface area contributed by atoms with Gasteiger partial charge in [-0.25, -0.2) is 0 Å². The van der Waals surface area contributed by atoms with E-state index in [1.165, 1.54) is 5.57 Å². The number of fused-ring (bicyclic) bond motifs is 1. The predicted molar refractivity (Wildman–Crippen MR) is 78.1 cm³/mol. The Morgan fingerprint density at radius 3 is 2.65 bits per heavy atom. The molecule has 0 fully saturated rings. The molecule has 4 nitrogen and oxygen atoms in total. The molecular weight excluding hydrogens is 252 g/mol. The molecule has 0 amide bonds. The second kappa shape index (κ2) is 5.04. The van der Waals surface area contributed by atoms with Gasteiger partial charge in [0, 0.05) is 17.8 Å². The number of benzene rings is 1. The predicted octanol–water partition coefficient (Wildman–Crippen LogP) is 3.99. The lowest BCUT2D eigenvalue weighted by Crippen LogP contribution is -2.24. The minimum Gasteiger partial charge on any atom is -0.305 e. The monoisotopic (exact) mass is 268 g/mol. The van der Waals surface area contributed by atoms with E-state index < -0.39 is 0 Å². The number of non-ortho nitro benzene ring substituents is 1. The van der Waals surface area contributed by atoms with Gasteiger partial charge in [0.25, 0.3) is 5.69 Å². The fraction of sp³-hybridized carbons (Fsp3) is 0.312. The van der Waals surface area contributed by atoms with Crippen LogP contribution < -0.4 is 0 Å². The molecule has 1 aromatic carbocycles. The Kier molecular flexibility index (Phi) is 3.22. The van der Waals surface area contributed by atoms with Gasteiger partial charge in [-0.15, -0.1) is 0 Å². The Balaban J connectivity index is 1.93. The van der Waals surface area contributed by atoms with Crippen LogP contribution in [-0.4, -0.2) is 10.6 Å². The second-order valence-corrected chi connectivity index (χ2v) is 5.42. The zero-order valence-corrected chi connectivity index (χ0v) is 11.1. The topological polar surface area (TPSA) is 67.0 Å². The molecule has 2 aliphatic carbocycles. The average molecular weight is 268 g/mol. The molecule has 2 unspecified atom stereocenters. The van der Waals surface area contributed by atoms with Gasteiger partial charge in [-0.05, 0) is 48.3 Å². The van der Waals surface area contributed by atoms with Crippen LogP contribution in [0.3, 0.4) is 0 Å². The third-order valence-electron chi connectivity index (χ3n) is 4.18. The van der Waals surface area contributed by atoms with Crippen LogP contribution in [0, 0.1) is 21.4 Å². The number of hydrogen-bond acceptors (Lipinski definition) is 3. The highest BCUT2D eigenvalue weighted by molar-refractivity contribution is 5.95. The largest absolute Gasteiger partial charge is 0.305 e. The van der Waals surface area contributed by atoms with Gasteiger partial charge in [-0.3, -0.25) is 10.1 Å².